The fraction of sp³-hybridized carbons (Fsp3) is 0.565. The average Bonchev–Trinajstić information content (AvgIpc) is 3.29. The Morgan fingerprint density at radius 2 is 1.90 bits per heavy atom. The third-order valence-electron chi connectivity index (χ3n) is 6.53. The Balaban J connectivity index is 1.26. The number of likely N-dealkylation sites (tertiary alicyclic amines) is 1. The minimum absolute atomic E-state index is 0.109. The highest BCUT2D eigenvalue weighted by Crippen LogP contribution is 2.35. The SMILES string of the molecule is O=C(c1cn[nH]c1C1CCCCC1)N1CCCC(Nc2ccc3c(c2)OCCO3)C1. The molecule has 5 rings (SSSR count). The first-order valence-electron chi connectivity index (χ1n) is 11.3. The number of amides is 1. The van der Waals surface area contributed by atoms with Crippen LogP contribution in [0.3, 0.4) is 0 Å². The molecule has 1 saturated carbocycles. The molecule has 2 aromatic rings. The summed E-state index contributed by atoms with van der Waals surface area (Å²) in [6.45, 7) is 2.67. The number of hydrogen-bond acceptors (Lipinski definition) is 5. The zero-order chi connectivity index (χ0) is 20.3. The summed E-state index contributed by atoms with van der Waals surface area (Å²) in [6, 6.07) is 6.18. The molecule has 1 amide bonds. The molecule has 1 unspecified atom stereocenters. The highest BCUT2D eigenvalue weighted by molar-refractivity contribution is 5.95. The van der Waals surface area contributed by atoms with Gasteiger partial charge < -0.3 is 19.7 Å². The van der Waals surface area contributed by atoms with E-state index in [2.05, 4.69) is 15.5 Å². The van der Waals surface area contributed by atoms with Crippen molar-refractivity contribution in [3.63, 3.8) is 0 Å². The minimum Gasteiger partial charge on any atom is -0.486 e. The molecule has 1 saturated heterocycles. The summed E-state index contributed by atoms with van der Waals surface area (Å²) in [5.41, 5.74) is 2.81. The third kappa shape index (κ3) is 3.98. The maximum absolute atomic E-state index is 13.3. The van der Waals surface area contributed by atoms with Crippen molar-refractivity contribution in [2.75, 3.05) is 31.6 Å². The van der Waals surface area contributed by atoms with Gasteiger partial charge in [0.15, 0.2) is 11.5 Å². The number of piperidine rings is 1. The lowest BCUT2D eigenvalue weighted by Crippen LogP contribution is -2.45. The van der Waals surface area contributed by atoms with Crippen LogP contribution in [0, 0.1) is 0 Å². The van der Waals surface area contributed by atoms with Crippen molar-refractivity contribution in [2.45, 2.75) is 56.9 Å². The average molecular weight is 411 g/mol. The number of hydrogen-bond donors (Lipinski definition) is 2. The van der Waals surface area contributed by atoms with E-state index in [1.54, 1.807) is 6.20 Å². The maximum atomic E-state index is 13.3. The molecule has 0 spiro atoms. The van der Waals surface area contributed by atoms with E-state index in [0.29, 0.717) is 25.7 Å². The molecule has 1 aromatic carbocycles. The monoisotopic (exact) mass is 410 g/mol. The Labute approximate surface area is 177 Å². The van der Waals surface area contributed by atoms with E-state index >= 15 is 0 Å². The summed E-state index contributed by atoms with van der Waals surface area (Å²) in [7, 11) is 0. The lowest BCUT2D eigenvalue weighted by molar-refractivity contribution is 0.0713. The number of nitrogens with one attached hydrogen (secondary N) is 2. The van der Waals surface area contributed by atoms with Gasteiger partial charge in [-0.25, -0.2) is 0 Å². The fourth-order valence-corrected chi connectivity index (χ4v) is 4.99. The van der Waals surface area contributed by atoms with Crippen LogP contribution in [0.4, 0.5) is 5.69 Å². The second-order valence-electron chi connectivity index (χ2n) is 8.63. The Bertz CT molecular complexity index is 890. The van der Waals surface area contributed by atoms with Crippen LogP contribution in [0.15, 0.2) is 24.4 Å². The van der Waals surface area contributed by atoms with Gasteiger partial charge in [0.25, 0.3) is 5.91 Å². The predicted octanol–water partition coefficient (Wildman–Crippen LogP) is 3.95. The van der Waals surface area contributed by atoms with Crippen molar-refractivity contribution in [1.29, 1.82) is 0 Å². The summed E-state index contributed by atoms with van der Waals surface area (Å²) in [5.74, 6) is 2.13. The molecule has 0 bridgehead atoms. The molecular weight excluding hydrogens is 380 g/mol. The molecular formula is C23H30N4O3. The van der Waals surface area contributed by atoms with E-state index in [1.165, 1.54) is 19.3 Å². The molecule has 2 N–H and O–H groups in total. The molecule has 0 radical (unpaired) electrons. The Morgan fingerprint density at radius 1 is 1.07 bits per heavy atom. The van der Waals surface area contributed by atoms with Crippen molar-refractivity contribution in [2.24, 2.45) is 0 Å². The second kappa shape index (κ2) is 8.58. The molecule has 1 aliphatic carbocycles. The Morgan fingerprint density at radius 3 is 2.77 bits per heavy atom. The Hall–Kier alpha value is -2.70. The van der Waals surface area contributed by atoms with Gasteiger partial charge in [0.05, 0.1) is 17.5 Å². The topological polar surface area (TPSA) is 79.5 Å². The summed E-state index contributed by atoms with van der Waals surface area (Å²) in [6.07, 6.45) is 9.83. The van der Waals surface area contributed by atoms with Gasteiger partial charge in [0, 0.05) is 36.8 Å². The summed E-state index contributed by atoms with van der Waals surface area (Å²) < 4.78 is 11.3. The van der Waals surface area contributed by atoms with Crippen molar-refractivity contribution in [1.82, 2.24) is 15.1 Å². The first-order chi connectivity index (χ1) is 14.8. The van der Waals surface area contributed by atoms with Gasteiger partial charge in [0.1, 0.15) is 13.2 Å². The maximum Gasteiger partial charge on any atom is 0.257 e. The van der Waals surface area contributed by atoms with Crippen molar-refractivity contribution < 1.29 is 14.3 Å². The molecule has 160 valence electrons. The van der Waals surface area contributed by atoms with E-state index in [9.17, 15) is 4.79 Å². The fourth-order valence-electron chi connectivity index (χ4n) is 4.99. The van der Waals surface area contributed by atoms with Crippen LogP contribution in [-0.2, 0) is 0 Å². The van der Waals surface area contributed by atoms with Crippen LogP contribution in [0.25, 0.3) is 0 Å². The van der Waals surface area contributed by atoms with Crippen LogP contribution >= 0.6 is 0 Å². The van der Waals surface area contributed by atoms with Crippen LogP contribution in [0.2, 0.25) is 0 Å². The quantitative estimate of drug-likeness (QED) is 0.798. The molecule has 3 aliphatic rings. The number of nitrogens with zero attached hydrogens (tertiary/aromatic N) is 2. The third-order valence-corrected chi connectivity index (χ3v) is 6.53. The number of carbonyl (C=O) groups excluding carboxylic acids is 1. The molecule has 7 nitrogen and oxygen atoms in total. The van der Waals surface area contributed by atoms with Crippen molar-refractivity contribution >= 4 is 11.6 Å². The summed E-state index contributed by atoms with van der Waals surface area (Å²) >= 11 is 0. The summed E-state index contributed by atoms with van der Waals surface area (Å²) in [4.78, 5) is 15.3. The zero-order valence-electron chi connectivity index (χ0n) is 17.4. The van der Waals surface area contributed by atoms with Gasteiger partial charge in [0.2, 0.25) is 0 Å². The molecule has 1 atom stereocenters. The van der Waals surface area contributed by atoms with Gasteiger partial charge in [-0.1, -0.05) is 19.3 Å². The number of carbonyl (C=O) groups is 1. The predicted molar refractivity (Wildman–Crippen MR) is 114 cm³/mol. The highest BCUT2D eigenvalue weighted by Gasteiger charge is 2.29. The lowest BCUT2D eigenvalue weighted by Gasteiger charge is -2.34. The van der Waals surface area contributed by atoms with Gasteiger partial charge in [-0.05, 0) is 37.8 Å². The highest BCUT2D eigenvalue weighted by atomic mass is 16.6. The van der Waals surface area contributed by atoms with Crippen LogP contribution in [0.5, 0.6) is 11.5 Å². The number of ether oxygens (including phenoxy) is 2. The van der Waals surface area contributed by atoms with Crippen molar-refractivity contribution in [3.05, 3.63) is 35.7 Å². The van der Waals surface area contributed by atoms with Crippen molar-refractivity contribution in [3.8, 4) is 11.5 Å². The van der Waals surface area contributed by atoms with E-state index in [0.717, 1.165) is 60.7 Å². The van der Waals surface area contributed by atoms with Gasteiger partial charge in [-0.15, -0.1) is 0 Å². The normalized spacial score (nSPS) is 22.0. The first-order valence-corrected chi connectivity index (χ1v) is 11.3. The molecule has 7 heteroatoms. The second-order valence-corrected chi connectivity index (χ2v) is 8.63. The number of aromatic nitrogens is 2. The van der Waals surface area contributed by atoms with Gasteiger partial charge >= 0.3 is 0 Å². The number of benzene rings is 1. The molecule has 2 fully saturated rings. The molecule has 1 aromatic heterocycles. The number of fused-ring (bicyclic) bond motifs is 1. The van der Waals surface area contributed by atoms with Gasteiger partial charge in [-0.2, -0.15) is 5.10 Å². The minimum atomic E-state index is 0.109. The lowest BCUT2D eigenvalue weighted by atomic mass is 9.85. The summed E-state index contributed by atoms with van der Waals surface area (Å²) in [5, 5.41) is 10.9. The smallest absolute Gasteiger partial charge is 0.257 e. The number of H-pyrrole nitrogens is 1. The zero-order valence-corrected chi connectivity index (χ0v) is 17.4. The number of aromatic amines is 1. The first kappa shape index (κ1) is 19.3. The van der Waals surface area contributed by atoms with E-state index in [-0.39, 0.29) is 11.9 Å². The van der Waals surface area contributed by atoms with Crippen LogP contribution < -0.4 is 14.8 Å². The van der Waals surface area contributed by atoms with Gasteiger partial charge in [-0.3, -0.25) is 9.89 Å². The van der Waals surface area contributed by atoms with E-state index in [1.807, 2.05) is 23.1 Å². The standard InChI is InChI=1S/C23H30N4O3/c28-23(19-14-24-26-22(19)16-5-2-1-3-6-16)27-10-4-7-18(15-27)25-17-8-9-20-21(13-17)30-12-11-29-20/h8-9,13-14,16,18,25H,1-7,10-12,15H2,(H,24,26). The molecule has 2 aliphatic heterocycles. The van der Waals surface area contributed by atoms with Crippen LogP contribution in [0.1, 0.15) is 66.9 Å². The number of rotatable bonds is 4. The van der Waals surface area contributed by atoms with E-state index < -0.39 is 0 Å². The molecule has 3 heterocycles. The largest absolute Gasteiger partial charge is 0.486 e. The van der Waals surface area contributed by atoms with E-state index in [4.69, 9.17) is 9.47 Å². The number of anilines is 1. The molecule has 30 heavy (non-hydrogen) atoms. The Kier molecular flexibility index (Phi) is 5.51. The van der Waals surface area contributed by atoms with Crippen LogP contribution in [-0.4, -0.2) is 53.3 Å².